The van der Waals surface area contributed by atoms with Gasteiger partial charge in [-0.3, -0.25) is 9.78 Å². The molecule has 1 saturated carbocycles. The highest BCUT2D eigenvalue weighted by atomic mass is 16.1. The van der Waals surface area contributed by atoms with Gasteiger partial charge in [0.25, 0.3) is 0 Å². The molecule has 1 atom stereocenters. The van der Waals surface area contributed by atoms with Gasteiger partial charge in [-0.25, -0.2) is 0 Å². The van der Waals surface area contributed by atoms with Gasteiger partial charge in [0, 0.05) is 30.1 Å². The molecular weight excluding hydrogens is 198 g/mol. The SMILES string of the molecule is O=C(CCC1CCc2cccnc21)C1CC1. The standard InChI is InChI=1S/C14H17NO/c16-13(10-3-4-10)8-7-12-6-5-11-2-1-9-15-14(11)12/h1-2,9-10,12H,3-8H2. The van der Waals surface area contributed by atoms with Crippen LogP contribution in [0.25, 0.3) is 0 Å². The van der Waals surface area contributed by atoms with Crippen molar-refractivity contribution in [2.75, 3.05) is 0 Å². The highest BCUT2D eigenvalue weighted by molar-refractivity contribution is 5.83. The zero-order valence-corrected chi connectivity index (χ0v) is 9.48. The summed E-state index contributed by atoms with van der Waals surface area (Å²) in [5.41, 5.74) is 2.65. The van der Waals surface area contributed by atoms with E-state index in [0.29, 0.717) is 17.6 Å². The number of hydrogen-bond acceptors (Lipinski definition) is 2. The van der Waals surface area contributed by atoms with Gasteiger partial charge < -0.3 is 0 Å². The first kappa shape index (κ1) is 10.0. The Balaban J connectivity index is 1.62. The minimum Gasteiger partial charge on any atom is -0.299 e. The average molecular weight is 215 g/mol. The lowest BCUT2D eigenvalue weighted by Crippen LogP contribution is -2.04. The summed E-state index contributed by atoms with van der Waals surface area (Å²) in [6.07, 6.45) is 8.26. The van der Waals surface area contributed by atoms with E-state index in [2.05, 4.69) is 11.1 Å². The fourth-order valence-electron chi connectivity index (χ4n) is 2.70. The Morgan fingerprint density at radius 2 is 2.25 bits per heavy atom. The van der Waals surface area contributed by atoms with Gasteiger partial charge in [-0.2, -0.15) is 0 Å². The number of aryl methyl sites for hydroxylation is 1. The van der Waals surface area contributed by atoms with E-state index in [-0.39, 0.29) is 0 Å². The summed E-state index contributed by atoms with van der Waals surface area (Å²) in [5.74, 6) is 1.45. The minimum atomic E-state index is 0.421. The maximum atomic E-state index is 11.7. The van der Waals surface area contributed by atoms with Crippen LogP contribution in [-0.4, -0.2) is 10.8 Å². The second-order valence-corrected chi connectivity index (χ2v) is 5.06. The Morgan fingerprint density at radius 1 is 1.38 bits per heavy atom. The molecule has 0 spiro atoms. The summed E-state index contributed by atoms with van der Waals surface area (Å²) in [6.45, 7) is 0. The van der Waals surface area contributed by atoms with Crippen LogP contribution in [0.1, 0.15) is 49.3 Å². The van der Waals surface area contributed by atoms with E-state index in [9.17, 15) is 4.79 Å². The highest BCUT2D eigenvalue weighted by Crippen LogP contribution is 2.37. The van der Waals surface area contributed by atoms with Gasteiger partial charge >= 0.3 is 0 Å². The zero-order chi connectivity index (χ0) is 11.0. The predicted molar refractivity (Wildman–Crippen MR) is 62.3 cm³/mol. The predicted octanol–water partition coefficient (Wildman–Crippen LogP) is 2.87. The Morgan fingerprint density at radius 3 is 3.06 bits per heavy atom. The van der Waals surface area contributed by atoms with Crippen LogP contribution in [-0.2, 0) is 11.2 Å². The Hall–Kier alpha value is -1.18. The van der Waals surface area contributed by atoms with Crippen molar-refractivity contribution in [1.82, 2.24) is 4.98 Å². The van der Waals surface area contributed by atoms with Crippen molar-refractivity contribution in [1.29, 1.82) is 0 Å². The van der Waals surface area contributed by atoms with Crippen LogP contribution in [0.15, 0.2) is 18.3 Å². The largest absolute Gasteiger partial charge is 0.299 e. The van der Waals surface area contributed by atoms with E-state index in [1.165, 1.54) is 17.7 Å². The summed E-state index contributed by atoms with van der Waals surface area (Å²) < 4.78 is 0. The van der Waals surface area contributed by atoms with Crippen molar-refractivity contribution in [2.24, 2.45) is 5.92 Å². The Bertz CT molecular complexity index is 409. The zero-order valence-electron chi connectivity index (χ0n) is 9.48. The van der Waals surface area contributed by atoms with Crippen LogP contribution >= 0.6 is 0 Å². The molecule has 1 heterocycles. The summed E-state index contributed by atoms with van der Waals surface area (Å²) >= 11 is 0. The smallest absolute Gasteiger partial charge is 0.135 e. The molecule has 2 aliphatic rings. The maximum Gasteiger partial charge on any atom is 0.135 e. The van der Waals surface area contributed by atoms with Gasteiger partial charge in [-0.1, -0.05) is 6.07 Å². The molecule has 0 saturated heterocycles. The van der Waals surface area contributed by atoms with E-state index in [4.69, 9.17) is 0 Å². The first-order valence-electron chi connectivity index (χ1n) is 6.31. The molecule has 3 rings (SSSR count). The molecule has 0 bridgehead atoms. The van der Waals surface area contributed by atoms with Gasteiger partial charge in [-0.15, -0.1) is 0 Å². The molecule has 1 aromatic heterocycles. The molecule has 2 aliphatic carbocycles. The second-order valence-electron chi connectivity index (χ2n) is 5.06. The third-order valence-corrected chi connectivity index (χ3v) is 3.85. The van der Waals surface area contributed by atoms with Crippen LogP contribution in [0.4, 0.5) is 0 Å². The third-order valence-electron chi connectivity index (χ3n) is 3.85. The van der Waals surface area contributed by atoms with Crippen LogP contribution in [0.3, 0.4) is 0 Å². The molecule has 0 aliphatic heterocycles. The number of rotatable bonds is 4. The highest BCUT2D eigenvalue weighted by Gasteiger charge is 2.30. The molecule has 1 fully saturated rings. The van der Waals surface area contributed by atoms with Gasteiger partial charge in [0.2, 0.25) is 0 Å². The molecule has 1 aromatic rings. The number of fused-ring (bicyclic) bond motifs is 1. The number of hydrogen-bond donors (Lipinski definition) is 0. The van der Waals surface area contributed by atoms with Crippen molar-refractivity contribution in [2.45, 2.75) is 44.4 Å². The third kappa shape index (κ3) is 1.89. The monoisotopic (exact) mass is 215 g/mol. The van der Waals surface area contributed by atoms with Crippen LogP contribution in [0.2, 0.25) is 0 Å². The maximum absolute atomic E-state index is 11.7. The quantitative estimate of drug-likeness (QED) is 0.773. The van der Waals surface area contributed by atoms with Gasteiger partial charge in [0.05, 0.1) is 0 Å². The lowest BCUT2D eigenvalue weighted by molar-refractivity contribution is -0.120. The summed E-state index contributed by atoms with van der Waals surface area (Å²) in [5, 5.41) is 0. The summed E-state index contributed by atoms with van der Waals surface area (Å²) in [4.78, 5) is 16.1. The lowest BCUT2D eigenvalue weighted by Gasteiger charge is -2.09. The first-order chi connectivity index (χ1) is 7.84. The molecular formula is C14H17NO. The number of carbonyl (C=O) groups is 1. The number of pyridine rings is 1. The van der Waals surface area contributed by atoms with Gasteiger partial charge in [0.15, 0.2) is 0 Å². The topological polar surface area (TPSA) is 30.0 Å². The number of aromatic nitrogens is 1. The molecule has 2 nitrogen and oxygen atoms in total. The van der Waals surface area contributed by atoms with Crippen molar-refractivity contribution < 1.29 is 4.79 Å². The molecule has 16 heavy (non-hydrogen) atoms. The number of carbonyl (C=O) groups excluding carboxylic acids is 1. The Labute approximate surface area is 96.1 Å². The fourth-order valence-corrected chi connectivity index (χ4v) is 2.70. The van der Waals surface area contributed by atoms with Crippen LogP contribution in [0, 0.1) is 5.92 Å². The molecule has 0 amide bonds. The number of Topliss-reactive ketones (excluding diaryl/α,β-unsaturated/α-hetero) is 1. The molecule has 0 radical (unpaired) electrons. The van der Waals surface area contributed by atoms with Crippen molar-refractivity contribution in [3.05, 3.63) is 29.6 Å². The van der Waals surface area contributed by atoms with Gasteiger partial charge in [0.1, 0.15) is 5.78 Å². The van der Waals surface area contributed by atoms with Crippen molar-refractivity contribution >= 4 is 5.78 Å². The Kier molecular flexibility index (Phi) is 2.50. The average Bonchev–Trinajstić information content (AvgIpc) is 3.08. The minimum absolute atomic E-state index is 0.421. The van der Waals surface area contributed by atoms with E-state index in [1.54, 1.807) is 0 Å². The molecule has 0 aromatic carbocycles. The summed E-state index contributed by atoms with van der Waals surface area (Å²) in [7, 11) is 0. The van der Waals surface area contributed by atoms with E-state index in [0.717, 1.165) is 32.1 Å². The summed E-state index contributed by atoms with van der Waals surface area (Å²) in [6, 6.07) is 4.18. The lowest BCUT2D eigenvalue weighted by atomic mass is 9.98. The number of ketones is 1. The number of nitrogens with zero attached hydrogens (tertiary/aromatic N) is 1. The van der Waals surface area contributed by atoms with Crippen LogP contribution in [0.5, 0.6) is 0 Å². The normalized spacial score (nSPS) is 23.1. The van der Waals surface area contributed by atoms with E-state index < -0.39 is 0 Å². The molecule has 2 heteroatoms. The van der Waals surface area contributed by atoms with E-state index >= 15 is 0 Å². The second kappa shape index (κ2) is 4.00. The molecule has 1 unspecified atom stereocenters. The van der Waals surface area contributed by atoms with Crippen LogP contribution < -0.4 is 0 Å². The van der Waals surface area contributed by atoms with E-state index in [1.807, 2.05) is 12.3 Å². The first-order valence-corrected chi connectivity index (χ1v) is 6.31. The molecule has 0 N–H and O–H groups in total. The van der Waals surface area contributed by atoms with Gasteiger partial charge in [-0.05, 0) is 43.7 Å². The van der Waals surface area contributed by atoms with Crippen molar-refractivity contribution in [3.8, 4) is 0 Å². The van der Waals surface area contributed by atoms with Crippen molar-refractivity contribution in [3.63, 3.8) is 0 Å². The fraction of sp³-hybridized carbons (Fsp3) is 0.571. The molecule has 84 valence electrons.